The van der Waals surface area contributed by atoms with E-state index in [1.165, 1.54) is 0 Å². The summed E-state index contributed by atoms with van der Waals surface area (Å²) in [4.78, 5) is 26.2. The van der Waals surface area contributed by atoms with E-state index in [1.54, 1.807) is 0 Å². The van der Waals surface area contributed by atoms with Gasteiger partial charge in [-0.15, -0.1) is 0 Å². The zero-order valence-electron chi connectivity index (χ0n) is 10.9. The monoisotopic (exact) mass is 238 g/mol. The molecule has 0 radical (unpaired) electrons. The highest BCUT2D eigenvalue weighted by Gasteiger charge is 2.47. The molecule has 2 fully saturated rings. The zero-order chi connectivity index (χ0) is 12.6. The van der Waals surface area contributed by atoms with Gasteiger partial charge in [0.1, 0.15) is 5.78 Å². The van der Waals surface area contributed by atoms with Crippen molar-refractivity contribution in [3.8, 4) is 0 Å². The van der Waals surface area contributed by atoms with Crippen LogP contribution >= 0.6 is 0 Å². The SMILES string of the molecule is CNC1CCCN2C(=O)C(C(=O)C(C)C)CC12. The van der Waals surface area contributed by atoms with Crippen molar-refractivity contribution >= 4 is 11.7 Å². The van der Waals surface area contributed by atoms with E-state index >= 15 is 0 Å². The summed E-state index contributed by atoms with van der Waals surface area (Å²) >= 11 is 0. The Morgan fingerprint density at radius 1 is 1.47 bits per heavy atom. The number of Topliss-reactive ketones (excluding diaryl/α,β-unsaturated/α-hetero) is 1. The van der Waals surface area contributed by atoms with Gasteiger partial charge in [-0.05, 0) is 26.3 Å². The first-order valence-corrected chi connectivity index (χ1v) is 6.57. The van der Waals surface area contributed by atoms with Gasteiger partial charge in [-0.3, -0.25) is 9.59 Å². The topological polar surface area (TPSA) is 49.4 Å². The van der Waals surface area contributed by atoms with Gasteiger partial charge in [0.2, 0.25) is 5.91 Å². The summed E-state index contributed by atoms with van der Waals surface area (Å²) in [6.45, 7) is 4.58. The van der Waals surface area contributed by atoms with Gasteiger partial charge in [-0.2, -0.15) is 0 Å². The minimum atomic E-state index is -0.381. The number of nitrogens with one attached hydrogen (secondary N) is 1. The third-order valence-electron chi connectivity index (χ3n) is 4.12. The number of nitrogens with zero attached hydrogens (tertiary/aromatic N) is 1. The number of amides is 1. The van der Waals surface area contributed by atoms with Crippen LogP contribution in [0, 0.1) is 11.8 Å². The van der Waals surface area contributed by atoms with Crippen LogP contribution in [-0.2, 0) is 9.59 Å². The molecule has 0 saturated carbocycles. The molecule has 0 aromatic heterocycles. The van der Waals surface area contributed by atoms with Crippen molar-refractivity contribution in [1.82, 2.24) is 10.2 Å². The van der Waals surface area contributed by atoms with Crippen molar-refractivity contribution < 1.29 is 9.59 Å². The molecule has 2 aliphatic heterocycles. The van der Waals surface area contributed by atoms with E-state index in [4.69, 9.17) is 0 Å². The van der Waals surface area contributed by atoms with E-state index < -0.39 is 0 Å². The molecule has 4 nitrogen and oxygen atoms in total. The highest BCUT2D eigenvalue weighted by atomic mass is 16.2. The Labute approximate surface area is 103 Å². The van der Waals surface area contributed by atoms with Gasteiger partial charge in [-0.25, -0.2) is 0 Å². The fourth-order valence-electron chi connectivity index (χ4n) is 3.14. The van der Waals surface area contributed by atoms with Crippen LogP contribution in [0.2, 0.25) is 0 Å². The third-order valence-corrected chi connectivity index (χ3v) is 4.12. The lowest BCUT2D eigenvalue weighted by molar-refractivity contribution is -0.139. The summed E-state index contributed by atoms with van der Waals surface area (Å²) in [6.07, 6.45) is 2.85. The van der Waals surface area contributed by atoms with Crippen LogP contribution in [0.1, 0.15) is 33.1 Å². The van der Waals surface area contributed by atoms with Gasteiger partial charge in [0.15, 0.2) is 0 Å². The van der Waals surface area contributed by atoms with Crippen molar-refractivity contribution in [3.63, 3.8) is 0 Å². The van der Waals surface area contributed by atoms with Crippen molar-refractivity contribution in [2.45, 2.75) is 45.2 Å². The Bertz CT molecular complexity index is 327. The van der Waals surface area contributed by atoms with E-state index in [1.807, 2.05) is 25.8 Å². The summed E-state index contributed by atoms with van der Waals surface area (Å²) in [5.74, 6) is -0.250. The fraction of sp³-hybridized carbons (Fsp3) is 0.846. The Morgan fingerprint density at radius 3 is 2.76 bits per heavy atom. The predicted octanol–water partition coefficient (Wildman–Crippen LogP) is 0.810. The lowest BCUT2D eigenvalue weighted by Gasteiger charge is -2.36. The van der Waals surface area contributed by atoms with Gasteiger partial charge >= 0.3 is 0 Å². The van der Waals surface area contributed by atoms with Gasteiger partial charge in [0.25, 0.3) is 0 Å². The predicted molar refractivity (Wildman–Crippen MR) is 65.5 cm³/mol. The molecule has 17 heavy (non-hydrogen) atoms. The normalized spacial score (nSPS) is 33.1. The van der Waals surface area contributed by atoms with Crippen LogP contribution in [0.15, 0.2) is 0 Å². The molecule has 2 rings (SSSR count). The molecule has 96 valence electrons. The third kappa shape index (κ3) is 2.10. The van der Waals surface area contributed by atoms with E-state index in [-0.39, 0.29) is 29.6 Å². The number of carbonyl (C=O) groups is 2. The van der Waals surface area contributed by atoms with E-state index in [0.717, 1.165) is 19.4 Å². The Morgan fingerprint density at radius 2 is 2.18 bits per heavy atom. The minimum absolute atomic E-state index is 0.0432. The maximum Gasteiger partial charge on any atom is 0.233 e. The second kappa shape index (κ2) is 4.77. The van der Waals surface area contributed by atoms with Crippen LogP contribution in [0.25, 0.3) is 0 Å². The molecule has 3 unspecified atom stereocenters. The van der Waals surface area contributed by atoms with E-state index in [2.05, 4.69) is 5.32 Å². The standard InChI is InChI=1S/C13H22N2O2/c1-8(2)12(16)9-7-11-10(14-3)5-4-6-15(11)13(9)17/h8-11,14H,4-7H2,1-3H3. The molecule has 0 aromatic carbocycles. The van der Waals surface area contributed by atoms with E-state index in [9.17, 15) is 9.59 Å². The van der Waals surface area contributed by atoms with Crippen molar-refractivity contribution in [1.29, 1.82) is 0 Å². The maximum atomic E-state index is 12.2. The second-order valence-corrected chi connectivity index (χ2v) is 5.48. The number of rotatable bonds is 3. The zero-order valence-corrected chi connectivity index (χ0v) is 10.9. The quantitative estimate of drug-likeness (QED) is 0.740. The largest absolute Gasteiger partial charge is 0.337 e. The number of hydrogen-bond acceptors (Lipinski definition) is 3. The van der Waals surface area contributed by atoms with Crippen molar-refractivity contribution in [3.05, 3.63) is 0 Å². The summed E-state index contributed by atoms with van der Waals surface area (Å²) in [5, 5.41) is 3.28. The molecule has 0 bridgehead atoms. The number of piperidine rings is 1. The van der Waals surface area contributed by atoms with Crippen LogP contribution in [-0.4, -0.2) is 42.3 Å². The molecule has 4 heteroatoms. The first-order chi connectivity index (χ1) is 8.06. The summed E-state index contributed by atoms with van der Waals surface area (Å²) in [7, 11) is 1.94. The Hall–Kier alpha value is -0.900. The number of fused-ring (bicyclic) bond motifs is 1. The van der Waals surface area contributed by atoms with Crippen LogP contribution < -0.4 is 5.32 Å². The summed E-state index contributed by atoms with van der Waals surface area (Å²) < 4.78 is 0. The summed E-state index contributed by atoms with van der Waals surface area (Å²) in [5.41, 5.74) is 0. The number of hydrogen-bond donors (Lipinski definition) is 1. The minimum Gasteiger partial charge on any atom is -0.337 e. The number of ketones is 1. The molecule has 0 aromatic rings. The van der Waals surface area contributed by atoms with Gasteiger partial charge in [0, 0.05) is 24.5 Å². The molecular weight excluding hydrogens is 216 g/mol. The van der Waals surface area contributed by atoms with Crippen LogP contribution in [0.4, 0.5) is 0 Å². The molecule has 2 aliphatic rings. The molecule has 0 spiro atoms. The smallest absolute Gasteiger partial charge is 0.233 e. The molecule has 1 N–H and O–H groups in total. The van der Waals surface area contributed by atoms with Gasteiger partial charge in [0.05, 0.1) is 5.92 Å². The van der Waals surface area contributed by atoms with Crippen molar-refractivity contribution in [2.75, 3.05) is 13.6 Å². The molecular formula is C13H22N2O2. The first-order valence-electron chi connectivity index (χ1n) is 6.57. The average molecular weight is 238 g/mol. The van der Waals surface area contributed by atoms with Crippen molar-refractivity contribution in [2.24, 2.45) is 11.8 Å². The lowest BCUT2D eigenvalue weighted by Crippen LogP contribution is -2.51. The molecule has 2 heterocycles. The fourth-order valence-corrected chi connectivity index (χ4v) is 3.14. The number of likely N-dealkylation sites (N-methyl/N-ethyl adjacent to an activating group) is 1. The number of carbonyl (C=O) groups excluding carboxylic acids is 2. The Kier molecular flexibility index (Phi) is 3.52. The highest BCUT2D eigenvalue weighted by molar-refractivity contribution is 6.03. The van der Waals surface area contributed by atoms with Gasteiger partial charge in [-0.1, -0.05) is 13.8 Å². The second-order valence-electron chi connectivity index (χ2n) is 5.48. The van der Waals surface area contributed by atoms with Crippen LogP contribution in [0.5, 0.6) is 0 Å². The summed E-state index contributed by atoms with van der Waals surface area (Å²) in [6, 6.07) is 0.589. The molecule has 1 amide bonds. The highest BCUT2D eigenvalue weighted by Crippen LogP contribution is 2.33. The Balaban J connectivity index is 2.15. The van der Waals surface area contributed by atoms with E-state index in [0.29, 0.717) is 12.5 Å². The lowest BCUT2D eigenvalue weighted by atomic mass is 9.89. The maximum absolute atomic E-state index is 12.2. The van der Waals surface area contributed by atoms with Crippen LogP contribution in [0.3, 0.4) is 0 Å². The molecule has 0 aliphatic carbocycles. The molecule has 3 atom stereocenters. The average Bonchev–Trinajstić information content (AvgIpc) is 2.66. The molecule has 2 saturated heterocycles. The van der Waals surface area contributed by atoms with Gasteiger partial charge < -0.3 is 10.2 Å². The first kappa shape index (κ1) is 12.6.